The number of anilines is 1. The lowest BCUT2D eigenvalue weighted by Gasteiger charge is -2.08. The third kappa shape index (κ3) is 4.24. The summed E-state index contributed by atoms with van der Waals surface area (Å²) >= 11 is 1.11. The molecule has 0 bridgehead atoms. The molecule has 0 fully saturated rings. The first-order valence-corrected chi connectivity index (χ1v) is 11.0. The van der Waals surface area contributed by atoms with Crippen molar-refractivity contribution in [2.24, 2.45) is 7.05 Å². The summed E-state index contributed by atoms with van der Waals surface area (Å²) in [6.45, 7) is 0. The summed E-state index contributed by atoms with van der Waals surface area (Å²) in [7, 11) is 1.75. The van der Waals surface area contributed by atoms with Crippen LogP contribution in [0.4, 0.5) is 11.4 Å². The molecule has 2 aromatic heterocycles. The van der Waals surface area contributed by atoms with Gasteiger partial charge < -0.3 is 14.9 Å². The van der Waals surface area contributed by atoms with Crippen molar-refractivity contribution >= 4 is 40.1 Å². The van der Waals surface area contributed by atoms with E-state index in [0.717, 1.165) is 34.2 Å². The monoisotopic (exact) mass is 471 g/mol. The van der Waals surface area contributed by atoms with E-state index in [-0.39, 0.29) is 11.3 Å². The number of carbonyl (C=O) groups excluding carboxylic acids is 1. The Bertz CT molecular complexity index is 1490. The number of nitrogens with one attached hydrogen (secondary N) is 2. The molecule has 5 aromatic rings. The Hall–Kier alpha value is -4.51. The number of fused-ring (bicyclic) bond motifs is 1. The Kier molecular flexibility index (Phi) is 5.52. The van der Waals surface area contributed by atoms with Crippen molar-refractivity contribution < 1.29 is 9.72 Å². The average Bonchev–Trinajstić information content (AvgIpc) is 3.45. The van der Waals surface area contributed by atoms with Crippen LogP contribution in [0, 0.1) is 10.1 Å². The van der Waals surface area contributed by atoms with Gasteiger partial charge in [0.2, 0.25) is 0 Å². The molecule has 5 rings (SSSR count). The molecule has 3 aromatic carbocycles. The molecule has 0 saturated carbocycles. The van der Waals surface area contributed by atoms with Gasteiger partial charge in [0.1, 0.15) is 12.2 Å². The van der Waals surface area contributed by atoms with E-state index in [1.165, 1.54) is 18.5 Å². The van der Waals surface area contributed by atoms with Gasteiger partial charge in [0.15, 0.2) is 5.16 Å². The molecule has 2 N–H and O–H groups in total. The molecule has 0 aliphatic carbocycles. The molecule has 34 heavy (non-hydrogen) atoms. The summed E-state index contributed by atoms with van der Waals surface area (Å²) in [5.74, 6) is 0.278. The van der Waals surface area contributed by atoms with Gasteiger partial charge >= 0.3 is 0 Å². The minimum Gasteiger partial charge on any atom is -0.338 e. The topological polar surface area (TPSA) is 132 Å². The second-order valence-electron chi connectivity index (χ2n) is 7.40. The van der Waals surface area contributed by atoms with E-state index < -0.39 is 10.8 Å². The van der Waals surface area contributed by atoms with E-state index in [4.69, 9.17) is 0 Å². The molecule has 1 amide bonds. The van der Waals surface area contributed by atoms with Crippen molar-refractivity contribution in [2.45, 2.75) is 10.1 Å². The molecule has 0 saturated heterocycles. The van der Waals surface area contributed by atoms with Crippen molar-refractivity contribution in [3.8, 4) is 11.4 Å². The number of hydrogen-bond donors (Lipinski definition) is 2. The lowest BCUT2D eigenvalue weighted by molar-refractivity contribution is -0.387. The number of nitro groups is 1. The van der Waals surface area contributed by atoms with Crippen LogP contribution in [0.5, 0.6) is 0 Å². The number of benzene rings is 3. The van der Waals surface area contributed by atoms with E-state index in [1.807, 2.05) is 36.4 Å². The Morgan fingerprint density at radius 2 is 1.91 bits per heavy atom. The van der Waals surface area contributed by atoms with Crippen LogP contribution in [0.15, 0.2) is 83.1 Å². The highest BCUT2D eigenvalue weighted by atomic mass is 32.2. The van der Waals surface area contributed by atoms with Gasteiger partial charge in [0.25, 0.3) is 11.6 Å². The lowest BCUT2D eigenvalue weighted by Crippen LogP contribution is -2.12. The average molecular weight is 472 g/mol. The van der Waals surface area contributed by atoms with Crippen LogP contribution in [0.3, 0.4) is 0 Å². The van der Waals surface area contributed by atoms with E-state index in [0.29, 0.717) is 15.7 Å². The van der Waals surface area contributed by atoms with Crippen molar-refractivity contribution in [1.29, 1.82) is 0 Å². The summed E-state index contributed by atoms with van der Waals surface area (Å²) in [6.07, 6.45) is 1.51. The van der Waals surface area contributed by atoms with Crippen molar-refractivity contribution in [1.82, 2.24) is 24.7 Å². The first-order valence-electron chi connectivity index (χ1n) is 10.1. The zero-order valence-electron chi connectivity index (χ0n) is 17.8. The number of nitrogens with zero attached hydrogens (tertiary/aromatic N) is 5. The van der Waals surface area contributed by atoms with E-state index in [2.05, 4.69) is 25.5 Å². The minimum atomic E-state index is -0.516. The Labute approximate surface area is 197 Å². The van der Waals surface area contributed by atoms with E-state index in [1.54, 1.807) is 29.8 Å². The van der Waals surface area contributed by atoms with Gasteiger partial charge in [-0.1, -0.05) is 12.1 Å². The summed E-state index contributed by atoms with van der Waals surface area (Å²) in [4.78, 5) is 32.1. The van der Waals surface area contributed by atoms with Gasteiger partial charge in [-0.05, 0) is 60.3 Å². The molecule has 0 aliphatic rings. The van der Waals surface area contributed by atoms with Crippen LogP contribution in [0.25, 0.3) is 22.4 Å². The fourth-order valence-electron chi connectivity index (χ4n) is 3.36. The number of amides is 1. The first kappa shape index (κ1) is 21.3. The maximum absolute atomic E-state index is 12.8. The highest BCUT2D eigenvalue weighted by Gasteiger charge is 2.20. The first-order chi connectivity index (χ1) is 16.5. The maximum Gasteiger partial charge on any atom is 0.284 e. The Morgan fingerprint density at radius 3 is 2.62 bits per heavy atom. The quantitative estimate of drug-likeness (QED) is 0.272. The van der Waals surface area contributed by atoms with E-state index in [9.17, 15) is 14.9 Å². The fourth-order valence-corrected chi connectivity index (χ4v) is 4.21. The number of nitro benzene ring substituents is 1. The molecule has 11 heteroatoms. The van der Waals surface area contributed by atoms with Crippen LogP contribution in [0.1, 0.15) is 10.4 Å². The Morgan fingerprint density at radius 1 is 1.12 bits per heavy atom. The van der Waals surface area contributed by atoms with Crippen LogP contribution >= 0.6 is 11.8 Å². The van der Waals surface area contributed by atoms with Gasteiger partial charge in [0.05, 0.1) is 20.9 Å². The highest BCUT2D eigenvalue weighted by Crippen LogP contribution is 2.34. The number of aromatic nitrogens is 5. The predicted molar refractivity (Wildman–Crippen MR) is 128 cm³/mol. The number of aryl methyl sites for hydroxylation is 1. The lowest BCUT2D eigenvalue weighted by atomic mass is 10.1. The molecule has 168 valence electrons. The molecule has 0 spiro atoms. The summed E-state index contributed by atoms with van der Waals surface area (Å²) in [6, 6.07) is 19.3. The van der Waals surface area contributed by atoms with Crippen LogP contribution in [0.2, 0.25) is 0 Å². The van der Waals surface area contributed by atoms with Crippen LogP contribution < -0.4 is 5.32 Å². The van der Waals surface area contributed by atoms with Crippen molar-refractivity contribution in [3.05, 3.63) is 88.7 Å². The van der Waals surface area contributed by atoms with Gasteiger partial charge in [0, 0.05) is 29.9 Å². The zero-order valence-corrected chi connectivity index (χ0v) is 18.6. The SMILES string of the molecule is Cn1cnnc1Sc1ccc(C(=O)Nc2ccc(-c3nc4ccccc4[nH]3)cc2)cc1[N+](=O)[O-]. The number of imidazole rings is 1. The normalized spacial score (nSPS) is 11.0. The maximum atomic E-state index is 12.8. The van der Waals surface area contributed by atoms with Crippen molar-refractivity contribution in [3.63, 3.8) is 0 Å². The minimum absolute atomic E-state index is 0.176. The van der Waals surface area contributed by atoms with Crippen LogP contribution in [-0.2, 0) is 7.05 Å². The van der Waals surface area contributed by atoms with E-state index >= 15 is 0 Å². The zero-order chi connectivity index (χ0) is 23.7. The predicted octanol–water partition coefficient (Wildman–Crippen LogP) is 4.67. The van der Waals surface area contributed by atoms with Crippen LogP contribution in [-0.4, -0.2) is 35.6 Å². The largest absolute Gasteiger partial charge is 0.338 e. The number of H-pyrrole nitrogens is 1. The second kappa shape index (κ2) is 8.79. The van der Waals surface area contributed by atoms with Gasteiger partial charge in [-0.2, -0.15) is 0 Å². The van der Waals surface area contributed by atoms with Gasteiger partial charge in [-0.3, -0.25) is 14.9 Å². The standard InChI is InChI=1S/C23H17N7O3S/c1-29-13-24-28-23(29)34-20-11-8-15(12-19(20)30(32)33)22(31)25-16-9-6-14(7-10-16)21-26-17-4-2-3-5-18(17)27-21/h2-13H,1H3,(H,25,31)(H,26,27). The smallest absolute Gasteiger partial charge is 0.284 e. The number of rotatable bonds is 6. The molecular weight excluding hydrogens is 454 g/mol. The molecule has 0 aliphatic heterocycles. The molecule has 10 nitrogen and oxygen atoms in total. The van der Waals surface area contributed by atoms with Gasteiger partial charge in [-0.15, -0.1) is 10.2 Å². The Balaban J connectivity index is 1.34. The number of carbonyl (C=O) groups is 1. The number of para-hydroxylation sites is 2. The summed E-state index contributed by atoms with van der Waals surface area (Å²) in [5, 5.41) is 22.6. The molecule has 2 heterocycles. The molecule has 0 radical (unpaired) electrons. The number of hydrogen-bond acceptors (Lipinski definition) is 7. The second-order valence-corrected chi connectivity index (χ2v) is 8.41. The highest BCUT2D eigenvalue weighted by molar-refractivity contribution is 7.99. The third-order valence-electron chi connectivity index (χ3n) is 5.09. The summed E-state index contributed by atoms with van der Waals surface area (Å²) in [5.41, 5.74) is 3.24. The number of aromatic amines is 1. The molecule has 0 atom stereocenters. The third-order valence-corrected chi connectivity index (χ3v) is 6.21. The van der Waals surface area contributed by atoms with Gasteiger partial charge in [-0.25, -0.2) is 4.98 Å². The van der Waals surface area contributed by atoms with Crippen molar-refractivity contribution in [2.75, 3.05) is 5.32 Å². The summed E-state index contributed by atoms with van der Waals surface area (Å²) < 4.78 is 1.66. The molecular formula is C23H17N7O3S. The molecule has 0 unspecified atom stereocenters. The fraction of sp³-hybridized carbons (Fsp3) is 0.0435.